The van der Waals surface area contributed by atoms with Gasteiger partial charge in [-0.3, -0.25) is 0 Å². The third kappa shape index (κ3) is 4.22. The van der Waals surface area contributed by atoms with E-state index in [4.69, 9.17) is 4.74 Å². The van der Waals surface area contributed by atoms with Gasteiger partial charge in [-0.15, -0.1) is 0 Å². The maximum absolute atomic E-state index is 5.49. The standard InChI is InChI=1S/C13H23N5O/c1-4-8-19-12-17-10(14-5-2)16-11(18-12)15-9-13(3)6-7-13/h4-9H2,1-3H3,(H2,14,15,16,17,18). The summed E-state index contributed by atoms with van der Waals surface area (Å²) in [6.45, 7) is 8.62. The Morgan fingerprint density at radius 1 is 1.11 bits per heavy atom. The van der Waals surface area contributed by atoms with Gasteiger partial charge in [0, 0.05) is 13.1 Å². The summed E-state index contributed by atoms with van der Waals surface area (Å²) in [5, 5.41) is 6.38. The van der Waals surface area contributed by atoms with E-state index in [0.717, 1.165) is 19.5 Å². The molecule has 0 radical (unpaired) electrons. The van der Waals surface area contributed by atoms with Gasteiger partial charge >= 0.3 is 6.01 Å². The highest BCUT2D eigenvalue weighted by Crippen LogP contribution is 2.44. The quantitative estimate of drug-likeness (QED) is 0.751. The van der Waals surface area contributed by atoms with E-state index in [9.17, 15) is 0 Å². The van der Waals surface area contributed by atoms with Crippen molar-refractivity contribution in [3.8, 4) is 6.01 Å². The van der Waals surface area contributed by atoms with E-state index in [1.54, 1.807) is 0 Å². The van der Waals surface area contributed by atoms with Crippen LogP contribution in [0.5, 0.6) is 6.01 Å². The molecule has 1 aromatic heterocycles. The van der Waals surface area contributed by atoms with Crippen molar-refractivity contribution < 1.29 is 4.74 Å². The number of nitrogens with zero attached hydrogens (tertiary/aromatic N) is 3. The zero-order valence-electron chi connectivity index (χ0n) is 12.0. The molecule has 0 unspecified atom stereocenters. The topological polar surface area (TPSA) is 72.0 Å². The van der Waals surface area contributed by atoms with E-state index in [1.807, 2.05) is 6.92 Å². The Kier molecular flexibility index (Phi) is 4.39. The van der Waals surface area contributed by atoms with Crippen molar-refractivity contribution in [1.82, 2.24) is 15.0 Å². The Morgan fingerprint density at radius 2 is 1.79 bits per heavy atom. The molecule has 19 heavy (non-hydrogen) atoms. The Labute approximate surface area is 114 Å². The molecule has 0 spiro atoms. The van der Waals surface area contributed by atoms with Gasteiger partial charge in [0.15, 0.2) is 0 Å². The molecule has 6 heteroatoms. The predicted molar refractivity (Wildman–Crippen MR) is 75.6 cm³/mol. The summed E-state index contributed by atoms with van der Waals surface area (Å²) < 4.78 is 5.49. The molecular weight excluding hydrogens is 242 g/mol. The van der Waals surface area contributed by atoms with Gasteiger partial charge in [-0.05, 0) is 31.6 Å². The van der Waals surface area contributed by atoms with Crippen molar-refractivity contribution >= 4 is 11.9 Å². The molecule has 2 N–H and O–H groups in total. The van der Waals surface area contributed by atoms with Crippen molar-refractivity contribution in [3.63, 3.8) is 0 Å². The molecule has 0 aromatic carbocycles. The van der Waals surface area contributed by atoms with Crippen molar-refractivity contribution in [3.05, 3.63) is 0 Å². The van der Waals surface area contributed by atoms with Gasteiger partial charge in [-0.1, -0.05) is 13.8 Å². The lowest BCUT2D eigenvalue weighted by Gasteiger charge is -2.12. The highest BCUT2D eigenvalue weighted by Gasteiger charge is 2.37. The minimum atomic E-state index is 0.385. The maximum Gasteiger partial charge on any atom is 0.323 e. The van der Waals surface area contributed by atoms with Crippen LogP contribution >= 0.6 is 0 Å². The highest BCUT2D eigenvalue weighted by molar-refractivity contribution is 5.36. The monoisotopic (exact) mass is 265 g/mol. The van der Waals surface area contributed by atoms with Crippen LogP contribution in [-0.4, -0.2) is 34.6 Å². The minimum absolute atomic E-state index is 0.385. The van der Waals surface area contributed by atoms with Gasteiger partial charge in [0.25, 0.3) is 0 Å². The lowest BCUT2D eigenvalue weighted by Crippen LogP contribution is -2.16. The smallest absolute Gasteiger partial charge is 0.323 e. The predicted octanol–water partition coefficient (Wildman–Crippen LogP) is 2.30. The second-order valence-corrected chi connectivity index (χ2v) is 5.31. The fourth-order valence-electron chi connectivity index (χ4n) is 1.61. The Hall–Kier alpha value is -1.59. The zero-order valence-corrected chi connectivity index (χ0v) is 12.0. The molecule has 1 aliphatic carbocycles. The molecule has 1 aliphatic rings. The number of ether oxygens (including phenoxy) is 1. The van der Waals surface area contributed by atoms with E-state index in [-0.39, 0.29) is 0 Å². The number of anilines is 2. The number of aromatic nitrogens is 3. The first-order valence-corrected chi connectivity index (χ1v) is 7.02. The summed E-state index contributed by atoms with van der Waals surface area (Å²) in [5.41, 5.74) is 0.412. The number of hydrogen-bond acceptors (Lipinski definition) is 6. The van der Waals surface area contributed by atoms with Crippen LogP contribution in [0.4, 0.5) is 11.9 Å². The molecule has 6 nitrogen and oxygen atoms in total. The van der Waals surface area contributed by atoms with Crippen LogP contribution in [0, 0.1) is 5.41 Å². The molecule has 0 bridgehead atoms. The van der Waals surface area contributed by atoms with E-state index >= 15 is 0 Å². The normalized spacial score (nSPS) is 15.9. The maximum atomic E-state index is 5.49. The van der Waals surface area contributed by atoms with Crippen LogP contribution in [0.2, 0.25) is 0 Å². The second kappa shape index (κ2) is 6.04. The minimum Gasteiger partial charge on any atom is -0.463 e. The van der Waals surface area contributed by atoms with Crippen molar-refractivity contribution in [2.75, 3.05) is 30.3 Å². The summed E-state index contributed by atoms with van der Waals surface area (Å²) in [7, 11) is 0. The third-order valence-corrected chi connectivity index (χ3v) is 3.16. The van der Waals surface area contributed by atoms with Crippen LogP contribution in [0.25, 0.3) is 0 Å². The zero-order chi connectivity index (χ0) is 13.7. The Bertz CT molecular complexity index is 419. The molecule has 0 aliphatic heterocycles. The average Bonchev–Trinajstić information content (AvgIpc) is 3.13. The summed E-state index contributed by atoms with van der Waals surface area (Å²) in [6.07, 6.45) is 3.47. The van der Waals surface area contributed by atoms with E-state index < -0.39 is 0 Å². The van der Waals surface area contributed by atoms with E-state index in [0.29, 0.717) is 29.9 Å². The molecule has 1 saturated carbocycles. The summed E-state index contributed by atoms with van der Waals surface area (Å²) in [5.74, 6) is 1.15. The van der Waals surface area contributed by atoms with Crippen LogP contribution in [0.1, 0.15) is 40.0 Å². The van der Waals surface area contributed by atoms with Gasteiger partial charge in [0.05, 0.1) is 6.61 Å². The molecule has 2 rings (SSSR count). The van der Waals surface area contributed by atoms with Gasteiger partial charge in [0.1, 0.15) is 0 Å². The fraction of sp³-hybridized carbons (Fsp3) is 0.769. The summed E-state index contributed by atoms with van der Waals surface area (Å²) in [4.78, 5) is 12.9. The molecule has 106 valence electrons. The third-order valence-electron chi connectivity index (χ3n) is 3.16. The molecule has 0 atom stereocenters. The second-order valence-electron chi connectivity index (χ2n) is 5.31. The summed E-state index contributed by atoms with van der Waals surface area (Å²) >= 11 is 0. The lowest BCUT2D eigenvalue weighted by atomic mass is 10.1. The molecular formula is C13H23N5O. The van der Waals surface area contributed by atoms with E-state index in [2.05, 4.69) is 39.4 Å². The van der Waals surface area contributed by atoms with Crippen molar-refractivity contribution in [2.24, 2.45) is 5.41 Å². The van der Waals surface area contributed by atoms with Gasteiger partial charge in [0.2, 0.25) is 11.9 Å². The Balaban J connectivity index is 2.03. The Morgan fingerprint density at radius 3 is 2.37 bits per heavy atom. The van der Waals surface area contributed by atoms with Crippen LogP contribution in [0.3, 0.4) is 0 Å². The molecule has 1 heterocycles. The fourth-order valence-corrected chi connectivity index (χ4v) is 1.61. The molecule has 1 aromatic rings. The summed E-state index contributed by atoms with van der Waals surface area (Å²) in [6, 6.07) is 0.385. The molecule has 1 fully saturated rings. The molecule has 0 saturated heterocycles. The van der Waals surface area contributed by atoms with E-state index in [1.165, 1.54) is 12.8 Å². The first kappa shape index (κ1) is 13.8. The number of rotatable bonds is 8. The number of hydrogen-bond donors (Lipinski definition) is 2. The first-order chi connectivity index (χ1) is 9.15. The first-order valence-electron chi connectivity index (χ1n) is 7.02. The van der Waals surface area contributed by atoms with Gasteiger partial charge in [-0.2, -0.15) is 15.0 Å². The van der Waals surface area contributed by atoms with Crippen LogP contribution < -0.4 is 15.4 Å². The SMILES string of the molecule is CCCOc1nc(NCC)nc(NCC2(C)CC2)n1. The van der Waals surface area contributed by atoms with Crippen molar-refractivity contribution in [1.29, 1.82) is 0 Å². The highest BCUT2D eigenvalue weighted by atomic mass is 16.5. The van der Waals surface area contributed by atoms with Crippen molar-refractivity contribution in [2.45, 2.75) is 40.0 Å². The average molecular weight is 265 g/mol. The van der Waals surface area contributed by atoms with Crippen LogP contribution in [0.15, 0.2) is 0 Å². The van der Waals surface area contributed by atoms with Gasteiger partial charge in [-0.25, -0.2) is 0 Å². The lowest BCUT2D eigenvalue weighted by molar-refractivity contribution is 0.292. The number of nitrogens with one attached hydrogen (secondary N) is 2. The van der Waals surface area contributed by atoms with Gasteiger partial charge < -0.3 is 15.4 Å². The largest absolute Gasteiger partial charge is 0.463 e. The van der Waals surface area contributed by atoms with Crippen LogP contribution in [-0.2, 0) is 0 Å². The molecule has 0 amide bonds.